The van der Waals surface area contributed by atoms with Crippen LogP contribution in [0.3, 0.4) is 0 Å². The third-order valence-electron chi connectivity index (χ3n) is 2.52. The molecule has 0 saturated heterocycles. The van der Waals surface area contributed by atoms with E-state index in [1.54, 1.807) is 23.5 Å². The lowest BCUT2D eigenvalue weighted by molar-refractivity contribution is 0.239. The van der Waals surface area contributed by atoms with Crippen LogP contribution in [0.15, 0.2) is 41.5 Å². The molecular weight excluding hydrogens is 214 g/mol. The molecule has 0 saturated carbocycles. The maximum absolute atomic E-state index is 8.66. The highest BCUT2D eigenvalue weighted by Crippen LogP contribution is 2.22. The Morgan fingerprint density at radius 2 is 2.18 bits per heavy atom. The molecule has 1 aromatic rings. The van der Waals surface area contributed by atoms with Crippen LogP contribution in [0.1, 0.15) is 17.3 Å². The summed E-state index contributed by atoms with van der Waals surface area (Å²) in [5.74, 6) is 0. The molecule has 5 heteroatoms. The van der Waals surface area contributed by atoms with Gasteiger partial charge in [0.15, 0.2) is 12.4 Å². The summed E-state index contributed by atoms with van der Waals surface area (Å²) in [6.07, 6.45) is 6.94. The van der Waals surface area contributed by atoms with Crippen LogP contribution in [-0.2, 0) is 6.54 Å². The zero-order chi connectivity index (χ0) is 12.1. The second kappa shape index (κ2) is 5.14. The van der Waals surface area contributed by atoms with E-state index < -0.39 is 0 Å². The van der Waals surface area contributed by atoms with Crippen molar-refractivity contribution in [3.05, 3.63) is 47.7 Å². The van der Waals surface area contributed by atoms with Crippen molar-refractivity contribution in [1.82, 2.24) is 10.4 Å². The monoisotopic (exact) mass is 227 g/mol. The second-order valence-corrected chi connectivity index (χ2v) is 3.59. The molecule has 0 radical (unpaired) electrons. The van der Waals surface area contributed by atoms with Gasteiger partial charge in [-0.1, -0.05) is 24.3 Å². The van der Waals surface area contributed by atoms with Crippen molar-refractivity contribution < 1.29 is 0 Å². The topological polar surface area (TPSA) is 77.4 Å². The Balaban J connectivity index is 2.22. The fraction of sp³-hybridized carbons (Fsp3) is 0.167. The predicted molar refractivity (Wildman–Crippen MR) is 65.3 cm³/mol. The summed E-state index contributed by atoms with van der Waals surface area (Å²) in [6.45, 7) is 0.522. The smallest absolute Gasteiger partial charge is 0.197 e. The maximum atomic E-state index is 8.66. The van der Waals surface area contributed by atoms with Gasteiger partial charge in [0, 0.05) is 19.0 Å². The highest BCUT2D eigenvalue weighted by molar-refractivity contribution is 5.72. The van der Waals surface area contributed by atoms with Crippen molar-refractivity contribution in [2.24, 2.45) is 10.7 Å². The van der Waals surface area contributed by atoms with Crippen molar-refractivity contribution in [3.63, 3.8) is 0 Å². The third kappa shape index (κ3) is 2.44. The molecule has 1 aromatic carbocycles. The van der Waals surface area contributed by atoms with E-state index in [2.05, 4.69) is 10.4 Å². The van der Waals surface area contributed by atoms with Crippen molar-refractivity contribution in [2.75, 3.05) is 0 Å². The van der Waals surface area contributed by atoms with Crippen LogP contribution in [0, 0.1) is 11.5 Å². The molecule has 0 amide bonds. The number of hydrogen-bond acceptors (Lipinski definition) is 5. The average Bonchev–Trinajstić information content (AvgIpc) is 2.40. The van der Waals surface area contributed by atoms with Gasteiger partial charge >= 0.3 is 0 Å². The number of nitriles is 1. The molecule has 0 aliphatic carbocycles. The molecule has 1 unspecified atom stereocenters. The van der Waals surface area contributed by atoms with Gasteiger partial charge in [0.05, 0.1) is 0 Å². The number of benzene rings is 1. The van der Waals surface area contributed by atoms with Crippen LogP contribution < -0.4 is 11.2 Å². The van der Waals surface area contributed by atoms with Gasteiger partial charge in [-0.3, -0.25) is 10.0 Å². The van der Waals surface area contributed by atoms with Crippen LogP contribution in [0.4, 0.5) is 0 Å². The summed E-state index contributed by atoms with van der Waals surface area (Å²) in [6, 6.07) is 7.87. The minimum Gasteiger partial charge on any atom is -0.326 e. The molecule has 2 rings (SSSR count). The highest BCUT2D eigenvalue weighted by Gasteiger charge is 2.17. The molecule has 17 heavy (non-hydrogen) atoms. The molecule has 0 fully saturated rings. The van der Waals surface area contributed by atoms with Crippen LogP contribution >= 0.6 is 0 Å². The maximum Gasteiger partial charge on any atom is 0.197 e. The fourth-order valence-corrected chi connectivity index (χ4v) is 1.64. The molecule has 1 atom stereocenters. The summed E-state index contributed by atoms with van der Waals surface area (Å²) < 4.78 is 0. The van der Waals surface area contributed by atoms with E-state index in [1.807, 2.05) is 30.5 Å². The molecule has 0 aromatic heterocycles. The highest BCUT2D eigenvalue weighted by atomic mass is 15.5. The summed E-state index contributed by atoms with van der Waals surface area (Å²) in [4.78, 5) is 4.32. The number of nitrogens with one attached hydrogen (secondary N) is 1. The number of nitrogens with two attached hydrogens (primary N) is 1. The summed E-state index contributed by atoms with van der Waals surface area (Å²) in [5.41, 5.74) is 10.2. The first kappa shape index (κ1) is 11.2. The summed E-state index contributed by atoms with van der Waals surface area (Å²) in [7, 11) is 0. The van der Waals surface area contributed by atoms with Crippen LogP contribution in [0.5, 0.6) is 0 Å². The van der Waals surface area contributed by atoms with Gasteiger partial charge in [-0.2, -0.15) is 5.26 Å². The first-order valence-electron chi connectivity index (χ1n) is 5.27. The lowest BCUT2D eigenvalue weighted by Crippen LogP contribution is -2.34. The summed E-state index contributed by atoms with van der Waals surface area (Å²) in [5, 5.41) is 10.3. The Kier molecular flexibility index (Phi) is 3.38. The zero-order valence-corrected chi connectivity index (χ0v) is 9.24. The standard InChI is InChI=1S/C12H13N5/c13-8-10-2-4-11(5-3-10)12-15-6-1-7-17(12)16-9-14/h1-7,12,16H,8,13H2. The first-order chi connectivity index (χ1) is 8.35. The number of allylic oxidation sites excluding steroid dienone is 1. The van der Waals surface area contributed by atoms with Gasteiger partial charge < -0.3 is 5.73 Å². The molecular formula is C12H13N5. The van der Waals surface area contributed by atoms with Gasteiger partial charge in [0.2, 0.25) is 0 Å². The molecule has 0 spiro atoms. The molecule has 1 aliphatic heterocycles. The molecule has 0 bridgehead atoms. The van der Waals surface area contributed by atoms with Gasteiger partial charge in [-0.25, -0.2) is 5.43 Å². The van der Waals surface area contributed by atoms with Crippen LogP contribution in [0.25, 0.3) is 0 Å². The van der Waals surface area contributed by atoms with Crippen molar-refractivity contribution in [2.45, 2.75) is 12.7 Å². The van der Waals surface area contributed by atoms with Crippen molar-refractivity contribution in [1.29, 1.82) is 5.26 Å². The largest absolute Gasteiger partial charge is 0.326 e. The van der Waals surface area contributed by atoms with Crippen LogP contribution in [-0.4, -0.2) is 11.2 Å². The Morgan fingerprint density at radius 3 is 2.82 bits per heavy atom. The first-order valence-corrected chi connectivity index (χ1v) is 5.27. The van der Waals surface area contributed by atoms with Gasteiger partial charge in [-0.15, -0.1) is 0 Å². The lowest BCUT2D eigenvalue weighted by atomic mass is 10.1. The second-order valence-electron chi connectivity index (χ2n) is 3.59. The molecule has 1 aliphatic rings. The van der Waals surface area contributed by atoms with Gasteiger partial charge in [-0.05, 0) is 17.2 Å². The van der Waals surface area contributed by atoms with E-state index in [1.165, 1.54) is 0 Å². The van der Waals surface area contributed by atoms with Gasteiger partial charge in [0.1, 0.15) is 0 Å². The van der Waals surface area contributed by atoms with E-state index in [-0.39, 0.29) is 6.17 Å². The normalized spacial score (nSPS) is 17.9. The minimum absolute atomic E-state index is 0.216. The van der Waals surface area contributed by atoms with Crippen molar-refractivity contribution >= 4 is 6.21 Å². The Bertz CT molecular complexity index is 469. The van der Waals surface area contributed by atoms with E-state index in [0.717, 1.165) is 11.1 Å². The third-order valence-corrected chi connectivity index (χ3v) is 2.52. The number of hydrogen-bond donors (Lipinski definition) is 2. The molecule has 3 N–H and O–H groups in total. The van der Waals surface area contributed by atoms with E-state index >= 15 is 0 Å². The van der Waals surface area contributed by atoms with Gasteiger partial charge in [0.25, 0.3) is 0 Å². The van der Waals surface area contributed by atoms with Crippen molar-refractivity contribution in [3.8, 4) is 6.19 Å². The number of rotatable bonds is 3. The quantitative estimate of drug-likeness (QED) is 0.597. The minimum atomic E-state index is -0.216. The number of aliphatic imine (C=N–C) groups is 1. The summed E-state index contributed by atoms with van der Waals surface area (Å²) >= 11 is 0. The van der Waals surface area contributed by atoms with Crippen LogP contribution in [0.2, 0.25) is 0 Å². The SMILES string of the molecule is N#CNN1C=CC=NC1c1ccc(CN)cc1. The average molecular weight is 227 g/mol. The lowest BCUT2D eigenvalue weighted by Gasteiger charge is -2.27. The Morgan fingerprint density at radius 1 is 1.41 bits per heavy atom. The molecule has 1 heterocycles. The number of nitrogens with zero attached hydrogens (tertiary/aromatic N) is 3. The fourth-order valence-electron chi connectivity index (χ4n) is 1.64. The molecule has 5 nitrogen and oxygen atoms in total. The number of hydrazine groups is 1. The van der Waals surface area contributed by atoms with E-state index in [4.69, 9.17) is 11.0 Å². The molecule has 86 valence electrons. The Labute approximate surface area is 99.8 Å². The van der Waals surface area contributed by atoms with E-state index in [0.29, 0.717) is 6.54 Å². The van der Waals surface area contributed by atoms with E-state index in [9.17, 15) is 0 Å². The Hall–Kier alpha value is -2.32. The predicted octanol–water partition coefficient (Wildman–Crippen LogP) is 1.03. The zero-order valence-electron chi connectivity index (χ0n) is 9.24.